The quantitative estimate of drug-likeness (QED) is 0.853. The molecule has 1 aliphatic carbocycles. The van der Waals surface area contributed by atoms with Gasteiger partial charge in [0.1, 0.15) is 5.75 Å². The summed E-state index contributed by atoms with van der Waals surface area (Å²) in [5, 5.41) is 16.8. The van der Waals surface area contributed by atoms with Gasteiger partial charge in [-0.05, 0) is 36.1 Å². The number of hydrogen-bond acceptors (Lipinski definition) is 5. The van der Waals surface area contributed by atoms with Gasteiger partial charge < -0.3 is 9.15 Å². The number of benzene rings is 1. The summed E-state index contributed by atoms with van der Waals surface area (Å²) in [4.78, 5) is 0. The fourth-order valence-electron chi connectivity index (χ4n) is 2.13. The van der Waals surface area contributed by atoms with E-state index in [2.05, 4.69) is 30.1 Å². The molecule has 1 aliphatic rings. The van der Waals surface area contributed by atoms with Crippen LogP contribution in [0.4, 0.5) is 0 Å². The lowest BCUT2D eigenvalue weighted by molar-refractivity contribution is 0.258. The molecule has 1 atom stereocenters. The van der Waals surface area contributed by atoms with Crippen molar-refractivity contribution >= 4 is 0 Å². The Morgan fingerprint density at radius 1 is 1.35 bits per heavy atom. The zero-order valence-electron chi connectivity index (χ0n) is 11.5. The summed E-state index contributed by atoms with van der Waals surface area (Å²) in [6, 6.07) is 8.98. The second kappa shape index (κ2) is 4.64. The SMILES string of the molecule is CC1(C)C[C@H]1c1nnc(COc2ccc(C#N)cc2)o1. The smallest absolute Gasteiger partial charge is 0.253 e. The molecule has 1 heterocycles. The first-order valence-corrected chi connectivity index (χ1v) is 6.54. The highest BCUT2D eigenvalue weighted by Gasteiger charge is 2.50. The van der Waals surface area contributed by atoms with Crippen LogP contribution in [0.1, 0.15) is 43.5 Å². The Balaban J connectivity index is 1.60. The Bertz CT molecular complexity index is 653. The van der Waals surface area contributed by atoms with E-state index < -0.39 is 0 Å². The molecule has 1 aromatic heterocycles. The van der Waals surface area contributed by atoms with Gasteiger partial charge in [0.2, 0.25) is 5.89 Å². The van der Waals surface area contributed by atoms with Gasteiger partial charge in [0.15, 0.2) is 6.61 Å². The van der Waals surface area contributed by atoms with Crippen LogP contribution in [0.25, 0.3) is 0 Å². The van der Waals surface area contributed by atoms with Crippen LogP contribution >= 0.6 is 0 Å². The van der Waals surface area contributed by atoms with Crippen LogP contribution in [-0.4, -0.2) is 10.2 Å². The number of ether oxygens (including phenoxy) is 1. The largest absolute Gasteiger partial charge is 0.484 e. The van der Waals surface area contributed by atoms with Crippen LogP contribution < -0.4 is 4.74 Å². The van der Waals surface area contributed by atoms with E-state index >= 15 is 0 Å². The summed E-state index contributed by atoms with van der Waals surface area (Å²) in [5.74, 6) is 2.23. The molecule has 1 saturated carbocycles. The zero-order valence-corrected chi connectivity index (χ0v) is 11.5. The molecule has 1 fully saturated rings. The van der Waals surface area contributed by atoms with Crippen molar-refractivity contribution in [3.05, 3.63) is 41.6 Å². The van der Waals surface area contributed by atoms with Crippen molar-refractivity contribution < 1.29 is 9.15 Å². The van der Waals surface area contributed by atoms with Gasteiger partial charge in [0, 0.05) is 5.92 Å². The van der Waals surface area contributed by atoms with Crippen LogP contribution in [0, 0.1) is 16.7 Å². The third-order valence-corrected chi connectivity index (χ3v) is 3.64. The fourth-order valence-corrected chi connectivity index (χ4v) is 2.13. The molecule has 0 N–H and O–H groups in total. The van der Waals surface area contributed by atoms with Crippen molar-refractivity contribution in [1.82, 2.24) is 10.2 Å². The minimum atomic E-state index is 0.242. The van der Waals surface area contributed by atoms with E-state index in [0.29, 0.717) is 29.0 Å². The first kappa shape index (κ1) is 12.7. The maximum atomic E-state index is 8.72. The van der Waals surface area contributed by atoms with Crippen molar-refractivity contribution in [2.24, 2.45) is 5.41 Å². The van der Waals surface area contributed by atoms with Crippen LogP contribution in [0.15, 0.2) is 28.7 Å². The number of nitrogens with zero attached hydrogens (tertiary/aromatic N) is 3. The number of aromatic nitrogens is 2. The van der Waals surface area contributed by atoms with Gasteiger partial charge in [-0.1, -0.05) is 13.8 Å². The Morgan fingerprint density at radius 3 is 2.65 bits per heavy atom. The van der Waals surface area contributed by atoms with Gasteiger partial charge in [-0.3, -0.25) is 0 Å². The Labute approximate surface area is 117 Å². The Hall–Kier alpha value is -2.35. The second-order valence-corrected chi connectivity index (χ2v) is 5.70. The van der Waals surface area contributed by atoms with Crippen molar-refractivity contribution in [1.29, 1.82) is 5.26 Å². The average molecular weight is 269 g/mol. The topological polar surface area (TPSA) is 71.9 Å². The molecule has 0 saturated heterocycles. The molecule has 3 rings (SSSR count). The van der Waals surface area contributed by atoms with Gasteiger partial charge in [0.05, 0.1) is 11.6 Å². The molecule has 2 aromatic rings. The molecule has 0 aliphatic heterocycles. The van der Waals surface area contributed by atoms with Crippen LogP contribution in [0.2, 0.25) is 0 Å². The molecule has 0 amide bonds. The lowest BCUT2D eigenvalue weighted by Gasteiger charge is -2.02. The van der Waals surface area contributed by atoms with Gasteiger partial charge in [-0.2, -0.15) is 5.26 Å². The van der Waals surface area contributed by atoms with Crippen molar-refractivity contribution in [3.63, 3.8) is 0 Å². The minimum Gasteiger partial charge on any atom is -0.484 e. The molecule has 5 heteroatoms. The zero-order chi connectivity index (χ0) is 14.2. The molecular weight excluding hydrogens is 254 g/mol. The Kier molecular flexibility index (Phi) is 2.94. The van der Waals surface area contributed by atoms with Crippen LogP contribution in [0.3, 0.4) is 0 Å². The average Bonchev–Trinajstić information content (AvgIpc) is 2.89. The number of nitriles is 1. The van der Waals surface area contributed by atoms with E-state index in [-0.39, 0.29) is 12.0 Å². The molecular formula is C15H15N3O2. The number of hydrogen-bond donors (Lipinski definition) is 0. The fraction of sp³-hybridized carbons (Fsp3) is 0.400. The van der Waals surface area contributed by atoms with E-state index in [1.54, 1.807) is 24.3 Å². The van der Waals surface area contributed by atoms with Crippen LogP contribution in [-0.2, 0) is 6.61 Å². The summed E-state index contributed by atoms with van der Waals surface area (Å²) in [6.45, 7) is 4.62. The summed E-state index contributed by atoms with van der Waals surface area (Å²) >= 11 is 0. The number of rotatable bonds is 4. The molecule has 5 nitrogen and oxygen atoms in total. The van der Waals surface area contributed by atoms with E-state index in [4.69, 9.17) is 14.4 Å². The third kappa shape index (κ3) is 2.50. The summed E-state index contributed by atoms with van der Waals surface area (Å²) in [6.07, 6.45) is 1.09. The molecule has 102 valence electrons. The van der Waals surface area contributed by atoms with Gasteiger partial charge in [0.25, 0.3) is 5.89 Å². The first-order chi connectivity index (χ1) is 9.58. The van der Waals surface area contributed by atoms with E-state index in [0.717, 1.165) is 6.42 Å². The molecule has 0 bridgehead atoms. The van der Waals surface area contributed by atoms with Gasteiger partial charge in [-0.25, -0.2) is 0 Å². The molecule has 0 unspecified atom stereocenters. The highest BCUT2D eigenvalue weighted by Crippen LogP contribution is 2.58. The van der Waals surface area contributed by atoms with Crippen molar-refractivity contribution in [2.45, 2.75) is 32.8 Å². The molecule has 20 heavy (non-hydrogen) atoms. The maximum absolute atomic E-state index is 8.72. The summed E-state index contributed by atoms with van der Waals surface area (Å²) in [7, 11) is 0. The van der Waals surface area contributed by atoms with E-state index in [1.165, 1.54) is 0 Å². The molecule has 0 spiro atoms. The summed E-state index contributed by atoms with van der Waals surface area (Å²) < 4.78 is 11.2. The second-order valence-electron chi connectivity index (χ2n) is 5.70. The highest BCUT2D eigenvalue weighted by molar-refractivity contribution is 5.34. The van der Waals surface area contributed by atoms with Gasteiger partial charge >= 0.3 is 0 Å². The van der Waals surface area contributed by atoms with Crippen molar-refractivity contribution in [2.75, 3.05) is 0 Å². The lowest BCUT2D eigenvalue weighted by atomic mass is 10.1. The van der Waals surface area contributed by atoms with Crippen LogP contribution in [0.5, 0.6) is 5.75 Å². The predicted molar refractivity (Wildman–Crippen MR) is 70.9 cm³/mol. The van der Waals surface area contributed by atoms with E-state index in [1.807, 2.05) is 0 Å². The first-order valence-electron chi connectivity index (χ1n) is 6.54. The Morgan fingerprint density at radius 2 is 2.05 bits per heavy atom. The van der Waals surface area contributed by atoms with Crippen molar-refractivity contribution in [3.8, 4) is 11.8 Å². The standard InChI is InChI=1S/C15H15N3O2/c1-15(2)7-12(15)14-18-17-13(20-14)9-19-11-5-3-10(8-16)4-6-11/h3-6,12H,7,9H2,1-2H3/t12-/m0/s1. The minimum absolute atomic E-state index is 0.242. The van der Waals surface area contributed by atoms with Gasteiger partial charge in [-0.15, -0.1) is 10.2 Å². The monoisotopic (exact) mass is 269 g/mol. The summed E-state index contributed by atoms with van der Waals surface area (Å²) in [5.41, 5.74) is 0.881. The maximum Gasteiger partial charge on any atom is 0.253 e. The molecule has 0 radical (unpaired) electrons. The third-order valence-electron chi connectivity index (χ3n) is 3.64. The highest BCUT2D eigenvalue weighted by atomic mass is 16.5. The predicted octanol–water partition coefficient (Wildman–Crippen LogP) is 3.03. The normalized spacial score (nSPS) is 19.4. The molecule has 1 aromatic carbocycles. The van der Waals surface area contributed by atoms with E-state index in [9.17, 15) is 0 Å². The lowest BCUT2D eigenvalue weighted by Crippen LogP contribution is -1.95.